The van der Waals surface area contributed by atoms with Gasteiger partial charge in [-0.25, -0.2) is 4.90 Å². The van der Waals surface area contributed by atoms with Crippen LogP contribution in [0.5, 0.6) is 0 Å². The van der Waals surface area contributed by atoms with E-state index in [0.717, 1.165) is 0 Å². The van der Waals surface area contributed by atoms with Crippen LogP contribution in [0.3, 0.4) is 0 Å². The van der Waals surface area contributed by atoms with Crippen LogP contribution < -0.4 is 9.81 Å². The molecule has 0 bridgehead atoms. The van der Waals surface area contributed by atoms with Crippen LogP contribution in [0, 0.1) is 6.92 Å². The van der Waals surface area contributed by atoms with Crippen molar-refractivity contribution in [2.45, 2.75) is 19.4 Å². The molecule has 0 aromatic carbocycles. The molecule has 100 valence electrons. The fourth-order valence-corrected chi connectivity index (χ4v) is 2.83. The van der Waals surface area contributed by atoms with Crippen molar-refractivity contribution in [1.82, 2.24) is 4.90 Å². The molecule has 18 heavy (non-hydrogen) atoms. The van der Waals surface area contributed by atoms with Gasteiger partial charge in [-0.1, -0.05) is 11.3 Å². The van der Waals surface area contributed by atoms with Gasteiger partial charge >= 0.3 is 13.4 Å². The van der Waals surface area contributed by atoms with Crippen LogP contribution in [0.4, 0.5) is 13.3 Å². The molecule has 0 spiro atoms. The Hall–Kier alpha value is -0.675. The third kappa shape index (κ3) is 2.26. The number of rotatable bonds is 3. The van der Waals surface area contributed by atoms with E-state index in [1.165, 1.54) is 6.92 Å². The summed E-state index contributed by atoms with van der Waals surface area (Å²) in [6.45, 7) is 0.536. The Morgan fingerprint density at radius 3 is 2.94 bits per heavy atom. The summed E-state index contributed by atoms with van der Waals surface area (Å²) < 4.78 is 45.7. The largest absolute Gasteiger partial charge is 0.832 e. The van der Waals surface area contributed by atoms with Gasteiger partial charge in [0.15, 0.2) is 4.88 Å². The number of hydrogen-bond acceptors (Lipinski definition) is 5. The van der Waals surface area contributed by atoms with Gasteiger partial charge in [0.2, 0.25) is 0 Å². The van der Waals surface area contributed by atoms with Gasteiger partial charge in [-0.3, -0.25) is 0 Å². The van der Waals surface area contributed by atoms with E-state index < -0.39 is 25.0 Å². The minimum Gasteiger partial charge on any atom is -0.832 e. The second kappa shape index (κ2) is 4.78. The lowest BCUT2D eigenvalue weighted by atomic mass is 10.1. The molecule has 2 heterocycles. The van der Waals surface area contributed by atoms with Crippen LogP contribution in [-0.4, -0.2) is 30.5 Å². The van der Waals surface area contributed by atoms with E-state index in [0.29, 0.717) is 16.2 Å². The van der Waals surface area contributed by atoms with Crippen molar-refractivity contribution in [3.8, 4) is 0 Å². The molecule has 0 fully saturated rings. The summed E-state index contributed by atoms with van der Waals surface area (Å²) in [5.74, 6) is 0. The normalized spacial score (nSPS) is 18.8. The quantitative estimate of drug-likeness (QED) is 0.588. The fraction of sp³-hybridized carbons (Fsp3) is 0.625. The Morgan fingerprint density at radius 1 is 1.67 bits per heavy atom. The zero-order chi connectivity index (χ0) is 13.5. The van der Waals surface area contributed by atoms with Gasteiger partial charge in [0.05, 0.1) is 17.6 Å². The van der Waals surface area contributed by atoms with Gasteiger partial charge in [0, 0.05) is 18.3 Å². The number of aromatic nitrogens is 1. The fourth-order valence-electron chi connectivity index (χ4n) is 1.80. The van der Waals surface area contributed by atoms with Crippen molar-refractivity contribution in [2.75, 3.05) is 13.3 Å². The van der Waals surface area contributed by atoms with E-state index >= 15 is 0 Å². The molecule has 1 aromatic rings. The van der Waals surface area contributed by atoms with Crippen molar-refractivity contribution in [3.63, 3.8) is 0 Å². The summed E-state index contributed by atoms with van der Waals surface area (Å²) in [6, 6.07) is -3.41. The highest BCUT2D eigenvalue weighted by Crippen LogP contribution is 2.40. The SMILES string of the molecule is Cc1sc2c([n+]1F)CCN(COB([O-])O)C2(F)F. The van der Waals surface area contributed by atoms with Crippen LogP contribution in [0.1, 0.15) is 15.6 Å². The number of fused-ring (bicyclic) bond motifs is 1. The van der Waals surface area contributed by atoms with Crippen LogP contribution in [0.25, 0.3) is 0 Å². The monoisotopic (exact) mass is 282 g/mol. The van der Waals surface area contributed by atoms with Gasteiger partial charge in [-0.05, 0) is 0 Å². The van der Waals surface area contributed by atoms with Gasteiger partial charge < -0.3 is 14.7 Å². The molecule has 0 aliphatic carbocycles. The van der Waals surface area contributed by atoms with Crippen molar-refractivity contribution in [1.29, 1.82) is 0 Å². The standard InChI is InChI=1S/C8H10BF3N2O3S/c1-5-14(12)6-2-3-13(4-17-9(15)16)8(10,11)7(6)18-5/h15H,2-4H2,1H3. The first-order chi connectivity index (χ1) is 8.34. The number of alkyl halides is 2. The Labute approximate surface area is 105 Å². The molecule has 0 saturated carbocycles. The lowest BCUT2D eigenvalue weighted by Crippen LogP contribution is -2.50. The summed E-state index contributed by atoms with van der Waals surface area (Å²) in [5.41, 5.74) is -0.0542. The second-order valence-electron chi connectivity index (χ2n) is 3.84. The first-order valence-corrected chi connectivity index (χ1v) is 5.95. The van der Waals surface area contributed by atoms with Crippen LogP contribution in [-0.2, 0) is 17.1 Å². The molecule has 0 unspecified atom stereocenters. The van der Waals surface area contributed by atoms with Crippen molar-refractivity contribution in [2.24, 2.45) is 0 Å². The van der Waals surface area contributed by atoms with E-state index in [1.54, 1.807) is 0 Å². The van der Waals surface area contributed by atoms with E-state index in [9.17, 15) is 18.3 Å². The molecule has 0 radical (unpaired) electrons. The molecule has 10 heteroatoms. The molecule has 1 N–H and O–H groups in total. The number of thiazole rings is 1. The third-order valence-electron chi connectivity index (χ3n) is 2.69. The van der Waals surface area contributed by atoms with Crippen LogP contribution >= 0.6 is 11.3 Å². The average Bonchev–Trinajstić information content (AvgIpc) is 2.56. The van der Waals surface area contributed by atoms with Gasteiger partial charge in [0.25, 0.3) is 10.7 Å². The maximum Gasteiger partial charge on any atom is 0.349 e. The molecule has 0 saturated heterocycles. The Morgan fingerprint density at radius 2 is 2.33 bits per heavy atom. The topological polar surface area (TPSA) is 59.6 Å². The molecule has 1 aliphatic heterocycles. The second-order valence-corrected chi connectivity index (χ2v) is 5.04. The maximum atomic E-state index is 14.0. The minimum absolute atomic E-state index is 0.0542. The predicted octanol–water partition coefficient (Wildman–Crippen LogP) is -0.704. The molecular formula is C8H10BF3N2O3S. The number of halogens is 3. The average molecular weight is 282 g/mol. The first-order valence-electron chi connectivity index (χ1n) is 5.13. The predicted molar refractivity (Wildman–Crippen MR) is 54.0 cm³/mol. The van der Waals surface area contributed by atoms with Gasteiger partial charge in [0.1, 0.15) is 0 Å². The van der Waals surface area contributed by atoms with Crippen molar-refractivity contribution in [3.05, 3.63) is 15.6 Å². The van der Waals surface area contributed by atoms with E-state index in [-0.39, 0.29) is 28.5 Å². The van der Waals surface area contributed by atoms with Crippen LogP contribution in [0.2, 0.25) is 0 Å². The summed E-state index contributed by atoms with van der Waals surface area (Å²) in [7, 11) is -2.36. The number of aryl methyl sites for hydroxylation is 1. The highest BCUT2D eigenvalue weighted by molar-refractivity contribution is 7.11. The van der Waals surface area contributed by atoms with Crippen molar-refractivity contribution < 1.29 is 32.8 Å². The molecular weight excluding hydrogens is 272 g/mol. The Balaban J connectivity index is 2.25. The van der Waals surface area contributed by atoms with E-state index in [2.05, 4.69) is 4.65 Å². The number of nitrogens with zero attached hydrogens (tertiary/aromatic N) is 2. The number of hydrogen-bond donors (Lipinski definition) is 1. The van der Waals surface area contributed by atoms with E-state index in [4.69, 9.17) is 5.02 Å². The lowest BCUT2D eigenvalue weighted by molar-refractivity contribution is -0.850. The third-order valence-corrected chi connectivity index (χ3v) is 3.83. The first kappa shape index (κ1) is 13.7. The molecule has 0 amide bonds. The zero-order valence-electron chi connectivity index (χ0n) is 9.40. The summed E-state index contributed by atoms with van der Waals surface area (Å²) in [6.07, 6.45) is 0.0874. The highest BCUT2D eigenvalue weighted by Gasteiger charge is 2.51. The Kier molecular flexibility index (Phi) is 3.65. The molecule has 2 rings (SSSR count). The van der Waals surface area contributed by atoms with Crippen molar-refractivity contribution >= 4 is 18.7 Å². The van der Waals surface area contributed by atoms with E-state index in [1.807, 2.05) is 0 Å². The lowest BCUT2D eigenvalue weighted by Gasteiger charge is -2.33. The Bertz CT molecular complexity index is 457. The highest BCUT2D eigenvalue weighted by atomic mass is 32.1. The van der Waals surface area contributed by atoms with Crippen LogP contribution in [0.15, 0.2) is 0 Å². The molecule has 1 aromatic heterocycles. The van der Waals surface area contributed by atoms with Gasteiger partial charge in [-0.2, -0.15) is 8.78 Å². The zero-order valence-corrected chi connectivity index (χ0v) is 10.2. The summed E-state index contributed by atoms with van der Waals surface area (Å²) in [4.78, 5) is 0.457. The minimum atomic E-state index is -3.41. The summed E-state index contributed by atoms with van der Waals surface area (Å²) in [5, 5.41) is 18.8. The summed E-state index contributed by atoms with van der Waals surface area (Å²) >= 11 is 0.662. The van der Waals surface area contributed by atoms with Gasteiger partial charge in [-0.15, -0.1) is 0 Å². The molecule has 1 aliphatic rings. The smallest absolute Gasteiger partial charge is 0.349 e. The molecule has 5 nitrogen and oxygen atoms in total. The maximum absolute atomic E-state index is 14.0. The molecule has 0 atom stereocenters.